The third-order valence-electron chi connectivity index (χ3n) is 9.26. The number of ether oxygens (including phenoxy) is 4. The Kier molecular flexibility index (Phi) is 10.3. The molecule has 0 bridgehead atoms. The number of benzene rings is 4. The Balaban J connectivity index is 1.72. The standard InChI is InChI=1S/C38H44O7S/c1-6-7-8-19-38(20-9-10-21-46(39,40)41)34-22-26(32-24-28(42-2)13-17-36(32)44-4)11-15-30(34)31-16-12-27(23-35(31)38)33-25-29(43-3)14-18-37(33)45-5/h11-18,22-25H,6-10,19-21H2,1-5H3,(H,39,40,41). The zero-order valence-corrected chi connectivity index (χ0v) is 28.2. The fourth-order valence-electron chi connectivity index (χ4n) is 6.96. The van der Waals surface area contributed by atoms with Crippen LogP contribution >= 0.6 is 0 Å². The van der Waals surface area contributed by atoms with E-state index in [4.69, 9.17) is 18.9 Å². The molecule has 0 spiro atoms. The summed E-state index contributed by atoms with van der Waals surface area (Å²) in [7, 11) is 2.62. The molecule has 1 aliphatic carbocycles. The largest absolute Gasteiger partial charge is 0.497 e. The van der Waals surface area contributed by atoms with Gasteiger partial charge in [-0.2, -0.15) is 8.42 Å². The van der Waals surface area contributed by atoms with Crippen molar-refractivity contribution in [3.63, 3.8) is 0 Å². The second kappa shape index (κ2) is 14.2. The van der Waals surface area contributed by atoms with Gasteiger partial charge in [0.05, 0.1) is 34.2 Å². The molecule has 0 fully saturated rings. The smallest absolute Gasteiger partial charge is 0.264 e. The summed E-state index contributed by atoms with van der Waals surface area (Å²) in [5, 5.41) is 0. The van der Waals surface area contributed by atoms with Gasteiger partial charge in [-0.25, -0.2) is 0 Å². The van der Waals surface area contributed by atoms with Gasteiger partial charge in [0.2, 0.25) is 0 Å². The maximum Gasteiger partial charge on any atom is 0.264 e. The van der Waals surface area contributed by atoms with Gasteiger partial charge in [0.15, 0.2) is 0 Å². The van der Waals surface area contributed by atoms with Crippen LogP contribution in [-0.2, 0) is 15.5 Å². The summed E-state index contributed by atoms with van der Waals surface area (Å²) in [5.74, 6) is 2.76. The highest BCUT2D eigenvalue weighted by Gasteiger charge is 2.43. The molecular weight excluding hydrogens is 600 g/mol. The Morgan fingerprint density at radius 3 is 1.48 bits per heavy atom. The molecule has 0 saturated carbocycles. The van der Waals surface area contributed by atoms with Crippen LogP contribution in [0.1, 0.15) is 63.0 Å². The van der Waals surface area contributed by atoms with Crippen LogP contribution in [0.2, 0.25) is 0 Å². The molecule has 0 aliphatic heterocycles. The Labute approximate surface area is 273 Å². The molecule has 0 heterocycles. The van der Waals surface area contributed by atoms with Crippen molar-refractivity contribution in [1.29, 1.82) is 0 Å². The maximum atomic E-state index is 11.7. The third-order valence-corrected chi connectivity index (χ3v) is 10.1. The fourth-order valence-corrected chi connectivity index (χ4v) is 7.53. The first-order chi connectivity index (χ1) is 22.2. The Morgan fingerprint density at radius 2 is 1.07 bits per heavy atom. The molecule has 7 nitrogen and oxygen atoms in total. The number of hydrogen-bond acceptors (Lipinski definition) is 6. The van der Waals surface area contributed by atoms with Crippen LogP contribution in [0, 0.1) is 0 Å². The van der Waals surface area contributed by atoms with Gasteiger partial charge in [-0.05, 0) is 101 Å². The van der Waals surface area contributed by atoms with Crippen LogP contribution in [-0.4, -0.2) is 47.2 Å². The SMILES string of the molecule is CCCCCC1(CCCCS(=O)(=O)O)c2cc(-c3cc(OC)ccc3OC)ccc2-c2ccc(-c3cc(OC)ccc3OC)cc21. The van der Waals surface area contributed by atoms with Gasteiger partial charge in [0.1, 0.15) is 23.0 Å². The van der Waals surface area contributed by atoms with Crippen LogP contribution in [0.15, 0.2) is 72.8 Å². The van der Waals surface area contributed by atoms with Crippen molar-refractivity contribution in [2.24, 2.45) is 0 Å². The molecule has 0 saturated heterocycles. The summed E-state index contributed by atoms with van der Waals surface area (Å²) >= 11 is 0. The zero-order chi connectivity index (χ0) is 32.9. The van der Waals surface area contributed by atoms with E-state index in [1.165, 1.54) is 22.3 Å². The normalized spacial score (nSPS) is 13.2. The number of fused-ring (bicyclic) bond motifs is 3. The first-order valence-corrected chi connectivity index (χ1v) is 17.5. The quantitative estimate of drug-likeness (QED) is 0.102. The van der Waals surface area contributed by atoms with E-state index in [0.717, 1.165) is 77.4 Å². The minimum absolute atomic E-state index is 0.250. The van der Waals surface area contributed by atoms with Crippen LogP contribution in [0.25, 0.3) is 33.4 Å². The Bertz CT molecular complexity index is 1690. The van der Waals surface area contributed by atoms with Crippen molar-refractivity contribution in [3.05, 3.63) is 83.9 Å². The van der Waals surface area contributed by atoms with E-state index in [2.05, 4.69) is 43.3 Å². The first kappa shape index (κ1) is 33.4. The first-order valence-electron chi connectivity index (χ1n) is 15.9. The fraction of sp³-hybridized carbons (Fsp3) is 0.368. The number of rotatable bonds is 15. The highest BCUT2D eigenvalue weighted by atomic mass is 32.2. The molecule has 0 radical (unpaired) electrons. The molecule has 1 N–H and O–H groups in total. The van der Waals surface area contributed by atoms with Crippen LogP contribution in [0.4, 0.5) is 0 Å². The number of methoxy groups -OCH3 is 4. The van der Waals surface area contributed by atoms with Gasteiger partial charge in [-0.15, -0.1) is 0 Å². The minimum atomic E-state index is -4.05. The van der Waals surface area contributed by atoms with Crippen LogP contribution in [0.5, 0.6) is 23.0 Å². The Morgan fingerprint density at radius 1 is 0.587 bits per heavy atom. The maximum absolute atomic E-state index is 11.7. The summed E-state index contributed by atoms with van der Waals surface area (Å²) in [5.41, 5.74) is 8.36. The topological polar surface area (TPSA) is 91.3 Å². The van der Waals surface area contributed by atoms with E-state index < -0.39 is 10.1 Å². The summed E-state index contributed by atoms with van der Waals surface area (Å²) in [6, 6.07) is 24.9. The molecule has 5 rings (SSSR count). The number of unbranched alkanes of at least 4 members (excludes halogenated alkanes) is 3. The predicted octanol–water partition coefficient (Wildman–Crippen LogP) is 8.96. The number of hydrogen-bond donors (Lipinski definition) is 1. The molecule has 46 heavy (non-hydrogen) atoms. The van der Waals surface area contributed by atoms with Crippen LogP contribution < -0.4 is 18.9 Å². The lowest BCUT2D eigenvalue weighted by Gasteiger charge is -2.33. The summed E-state index contributed by atoms with van der Waals surface area (Å²) in [4.78, 5) is 0. The zero-order valence-electron chi connectivity index (χ0n) is 27.4. The molecule has 244 valence electrons. The lowest BCUT2D eigenvalue weighted by Crippen LogP contribution is -2.26. The van der Waals surface area contributed by atoms with E-state index in [1.54, 1.807) is 28.4 Å². The van der Waals surface area contributed by atoms with E-state index in [1.807, 2.05) is 36.4 Å². The van der Waals surface area contributed by atoms with Crippen molar-refractivity contribution in [2.75, 3.05) is 34.2 Å². The van der Waals surface area contributed by atoms with E-state index in [9.17, 15) is 13.0 Å². The van der Waals surface area contributed by atoms with Gasteiger partial charge >= 0.3 is 0 Å². The van der Waals surface area contributed by atoms with E-state index in [0.29, 0.717) is 12.8 Å². The molecule has 8 heteroatoms. The lowest BCUT2D eigenvalue weighted by atomic mass is 9.70. The third kappa shape index (κ3) is 6.74. The van der Waals surface area contributed by atoms with Gasteiger partial charge in [0, 0.05) is 16.5 Å². The highest BCUT2D eigenvalue weighted by Crippen LogP contribution is 2.56. The molecule has 0 aromatic heterocycles. The average molecular weight is 645 g/mol. The monoisotopic (exact) mass is 644 g/mol. The van der Waals surface area contributed by atoms with E-state index in [-0.39, 0.29) is 11.2 Å². The molecule has 0 atom stereocenters. The van der Waals surface area contributed by atoms with Crippen LogP contribution in [0.3, 0.4) is 0 Å². The van der Waals surface area contributed by atoms with Gasteiger partial charge in [0.25, 0.3) is 10.1 Å². The molecule has 0 unspecified atom stereocenters. The molecular formula is C38H44O7S. The minimum Gasteiger partial charge on any atom is -0.497 e. The second-order valence-electron chi connectivity index (χ2n) is 11.9. The predicted molar refractivity (Wildman–Crippen MR) is 184 cm³/mol. The Hall–Kier alpha value is -4.01. The van der Waals surface area contributed by atoms with Crippen molar-refractivity contribution in [3.8, 4) is 56.4 Å². The summed E-state index contributed by atoms with van der Waals surface area (Å²) < 4.78 is 55.5. The molecule has 4 aromatic rings. The van der Waals surface area contributed by atoms with Gasteiger partial charge < -0.3 is 18.9 Å². The van der Waals surface area contributed by atoms with Crippen molar-refractivity contribution in [2.45, 2.75) is 57.3 Å². The molecule has 0 amide bonds. The van der Waals surface area contributed by atoms with E-state index >= 15 is 0 Å². The average Bonchev–Trinajstić information content (AvgIpc) is 3.34. The van der Waals surface area contributed by atoms with Gasteiger partial charge in [-0.1, -0.05) is 56.9 Å². The van der Waals surface area contributed by atoms with Crippen molar-refractivity contribution in [1.82, 2.24) is 0 Å². The summed E-state index contributed by atoms with van der Waals surface area (Å²) in [6.07, 6.45) is 5.86. The molecule has 4 aromatic carbocycles. The van der Waals surface area contributed by atoms with Gasteiger partial charge in [-0.3, -0.25) is 4.55 Å². The second-order valence-corrected chi connectivity index (χ2v) is 13.5. The molecule has 1 aliphatic rings. The highest BCUT2D eigenvalue weighted by molar-refractivity contribution is 7.85. The summed E-state index contributed by atoms with van der Waals surface area (Å²) in [6.45, 7) is 2.20. The van der Waals surface area contributed by atoms with Crippen molar-refractivity contribution < 1.29 is 31.9 Å². The lowest BCUT2D eigenvalue weighted by molar-refractivity contribution is 0.403. The van der Waals surface area contributed by atoms with Crippen molar-refractivity contribution >= 4 is 10.1 Å².